The van der Waals surface area contributed by atoms with Gasteiger partial charge in [-0.25, -0.2) is 0 Å². The molecule has 0 spiro atoms. The van der Waals surface area contributed by atoms with Crippen LogP contribution in [0.15, 0.2) is 42.5 Å². The van der Waals surface area contributed by atoms with Gasteiger partial charge >= 0.3 is 16.5 Å². The van der Waals surface area contributed by atoms with Crippen LogP contribution in [0.3, 0.4) is 0 Å². The molecule has 2 rings (SSSR count). The van der Waals surface area contributed by atoms with E-state index in [1.165, 1.54) is 30.3 Å². The van der Waals surface area contributed by atoms with E-state index in [0.29, 0.717) is 5.56 Å². The van der Waals surface area contributed by atoms with Gasteiger partial charge in [-0.2, -0.15) is 32.0 Å². The first-order valence-corrected chi connectivity index (χ1v) is 7.51. The molecular formula is C14H9F3N2O3S. The van der Waals surface area contributed by atoms with Crippen molar-refractivity contribution in [1.82, 2.24) is 0 Å². The van der Waals surface area contributed by atoms with Gasteiger partial charge in [-0.15, -0.1) is 0 Å². The number of nitriles is 1. The molecule has 0 aliphatic heterocycles. The van der Waals surface area contributed by atoms with Crippen LogP contribution in [0.1, 0.15) is 11.1 Å². The number of hydrogen-bond acceptors (Lipinski definition) is 4. The van der Waals surface area contributed by atoms with Gasteiger partial charge in [0.1, 0.15) is 5.75 Å². The van der Waals surface area contributed by atoms with E-state index in [-0.39, 0.29) is 16.9 Å². The van der Waals surface area contributed by atoms with Crippen molar-refractivity contribution in [3.05, 3.63) is 53.6 Å². The van der Waals surface area contributed by atoms with Crippen LogP contribution in [0.2, 0.25) is 0 Å². The minimum atomic E-state index is -4.54. The number of nitrogens with two attached hydrogens (primary N) is 1. The maximum absolute atomic E-state index is 12.7. The lowest BCUT2D eigenvalue weighted by molar-refractivity contribution is -0.137. The second kappa shape index (κ2) is 5.91. The number of halogens is 3. The summed E-state index contributed by atoms with van der Waals surface area (Å²) in [5.74, 6) is -0.0540. The van der Waals surface area contributed by atoms with Gasteiger partial charge in [0.15, 0.2) is 0 Å². The molecular weight excluding hydrogens is 333 g/mol. The molecule has 120 valence electrons. The molecule has 0 bridgehead atoms. The number of nitrogens with zero attached hydrogens (tertiary/aromatic N) is 1. The summed E-state index contributed by atoms with van der Waals surface area (Å²) in [6, 6.07) is 9.88. The Balaban J connectivity index is 2.41. The van der Waals surface area contributed by atoms with Crippen molar-refractivity contribution in [3.8, 4) is 22.9 Å². The van der Waals surface area contributed by atoms with Crippen molar-refractivity contribution in [3.63, 3.8) is 0 Å². The second-order valence-corrected chi connectivity index (χ2v) is 5.62. The highest BCUT2D eigenvalue weighted by molar-refractivity contribution is 7.84. The Labute approximate surface area is 130 Å². The SMILES string of the molecule is N#Cc1cc(C(F)(F)F)ccc1-c1ccc(OS(N)(=O)=O)cc1. The Bertz CT molecular complexity index is 870. The van der Waals surface area contributed by atoms with Gasteiger partial charge in [-0.05, 0) is 35.4 Å². The largest absolute Gasteiger partial charge is 0.416 e. The zero-order chi connectivity index (χ0) is 17.3. The van der Waals surface area contributed by atoms with E-state index in [9.17, 15) is 21.6 Å². The summed E-state index contributed by atoms with van der Waals surface area (Å²) in [4.78, 5) is 0. The van der Waals surface area contributed by atoms with Crippen LogP contribution >= 0.6 is 0 Å². The van der Waals surface area contributed by atoms with Crippen molar-refractivity contribution in [1.29, 1.82) is 5.26 Å². The average molecular weight is 342 g/mol. The summed E-state index contributed by atoms with van der Waals surface area (Å²) in [7, 11) is -4.17. The van der Waals surface area contributed by atoms with E-state index >= 15 is 0 Å². The van der Waals surface area contributed by atoms with Crippen LogP contribution in [-0.2, 0) is 16.5 Å². The fourth-order valence-corrected chi connectivity index (χ4v) is 2.27. The second-order valence-electron chi connectivity index (χ2n) is 4.47. The third-order valence-corrected chi connectivity index (χ3v) is 3.27. The summed E-state index contributed by atoms with van der Waals surface area (Å²) in [6.07, 6.45) is -4.54. The zero-order valence-corrected chi connectivity index (χ0v) is 12.1. The number of hydrogen-bond donors (Lipinski definition) is 1. The van der Waals surface area contributed by atoms with E-state index in [0.717, 1.165) is 12.1 Å². The lowest BCUT2D eigenvalue weighted by atomic mass is 9.98. The first-order valence-electron chi connectivity index (χ1n) is 6.04. The molecule has 0 fully saturated rings. The normalized spacial score (nSPS) is 11.8. The maximum atomic E-state index is 12.7. The van der Waals surface area contributed by atoms with Gasteiger partial charge in [0.2, 0.25) is 0 Å². The highest BCUT2D eigenvalue weighted by Gasteiger charge is 2.31. The van der Waals surface area contributed by atoms with E-state index in [2.05, 4.69) is 4.18 Å². The standard InChI is InChI=1S/C14H9F3N2O3S/c15-14(16,17)11-3-6-13(10(7-11)8-18)9-1-4-12(5-2-9)22-23(19,20)21/h1-7H,(H2,19,20,21). The Morgan fingerprint density at radius 2 is 1.70 bits per heavy atom. The minimum Gasteiger partial charge on any atom is -0.371 e. The van der Waals surface area contributed by atoms with Crippen molar-refractivity contribution < 1.29 is 25.8 Å². The Morgan fingerprint density at radius 3 is 2.17 bits per heavy atom. The average Bonchev–Trinajstić information content (AvgIpc) is 2.45. The van der Waals surface area contributed by atoms with Crippen molar-refractivity contribution in [2.75, 3.05) is 0 Å². The van der Waals surface area contributed by atoms with Crippen molar-refractivity contribution in [2.24, 2.45) is 5.14 Å². The molecule has 0 amide bonds. The van der Waals surface area contributed by atoms with Crippen LogP contribution < -0.4 is 9.32 Å². The fourth-order valence-electron chi connectivity index (χ4n) is 1.89. The van der Waals surface area contributed by atoms with E-state index in [4.69, 9.17) is 10.4 Å². The Kier molecular flexibility index (Phi) is 4.31. The quantitative estimate of drug-likeness (QED) is 0.928. The molecule has 9 heteroatoms. The maximum Gasteiger partial charge on any atom is 0.416 e. The third kappa shape index (κ3) is 4.21. The van der Waals surface area contributed by atoms with E-state index in [1.807, 2.05) is 0 Å². The molecule has 0 radical (unpaired) electrons. The first-order chi connectivity index (χ1) is 10.6. The molecule has 2 aromatic rings. The third-order valence-electron chi connectivity index (χ3n) is 2.85. The number of benzene rings is 2. The van der Waals surface area contributed by atoms with Crippen LogP contribution in [-0.4, -0.2) is 8.42 Å². The summed E-state index contributed by atoms with van der Waals surface area (Å²) in [6.45, 7) is 0. The van der Waals surface area contributed by atoms with E-state index < -0.39 is 22.0 Å². The lowest BCUT2D eigenvalue weighted by Gasteiger charge is -2.10. The van der Waals surface area contributed by atoms with Crippen LogP contribution in [0.25, 0.3) is 11.1 Å². The summed E-state index contributed by atoms with van der Waals surface area (Å²) in [5.41, 5.74) is -0.369. The van der Waals surface area contributed by atoms with Gasteiger partial charge in [0.05, 0.1) is 17.2 Å². The fraction of sp³-hybridized carbons (Fsp3) is 0.0714. The van der Waals surface area contributed by atoms with Crippen LogP contribution in [0.4, 0.5) is 13.2 Å². The molecule has 2 aromatic carbocycles. The summed E-state index contributed by atoms with van der Waals surface area (Å²) < 4.78 is 64.0. The molecule has 2 N–H and O–H groups in total. The lowest BCUT2D eigenvalue weighted by Crippen LogP contribution is -2.18. The van der Waals surface area contributed by atoms with E-state index in [1.54, 1.807) is 6.07 Å². The molecule has 0 unspecified atom stereocenters. The Morgan fingerprint density at radius 1 is 1.09 bits per heavy atom. The molecule has 23 heavy (non-hydrogen) atoms. The highest BCUT2D eigenvalue weighted by Crippen LogP contribution is 2.33. The predicted molar refractivity (Wildman–Crippen MR) is 75.3 cm³/mol. The van der Waals surface area contributed by atoms with Crippen LogP contribution in [0, 0.1) is 11.3 Å². The molecule has 0 aliphatic rings. The number of rotatable bonds is 3. The van der Waals surface area contributed by atoms with Crippen LogP contribution in [0.5, 0.6) is 5.75 Å². The predicted octanol–water partition coefficient (Wildman–Crippen LogP) is 2.83. The van der Waals surface area contributed by atoms with Crippen molar-refractivity contribution in [2.45, 2.75) is 6.18 Å². The highest BCUT2D eigenvalue weighted by atomic mass is 32.2. The molecule has 0 saturated heterocycles. The van der Waals surface area contributed by atoms with Gasteiger partial charge in [0, 0.05) is 0 Å². The molecule has 0 saturated carbocycles. The smallest absolute Gasteiger partial charge is 0.371 e. The molecule has 0 heterocycles. The monoisotopic (exact) mass is 342 g/mol. The Hall–Kier alpha value is -2.57. The summed E-state index contributed by atoms with van der Waals surface area (Å²) >= 11 is 0. The molecule has 0 aliphatic carbocycles. The number of alkyl halides is 3. The van der Waals surface area contributed by atoms with Gasteiger partial charge in [0.25, 0.3) is 0 Å². The van der Waals surface area contributed by atoms with Crippen molar-refractivity contribution >= 4 is 10.3 Å². The molecule has 0 atom stereocenters. The topological polar surface area (TPSA) is 93.2 Å². The zero-order valence-electron chi connectivity index (χ0n) is 11.3. The summed E-state index contributed by atoms with van der Waals surface area (Å²) in [5, 5.41) is 13.8. The minimum absolute atomic E-state index is 0.0540. The van der Waals surface area contributed by atoms with Gasteiger partial charge < -0.3 is 4.18 Å². The van der Waals surface area contributed by atoms with Gasteiger partial charge in [-0.3, -0.25) is 0 Å². The molecule has 0 aromatic heterocycles. The van der Waals surface area contributed by atoms with Gasteiger partial charge in [-0.1, -0.05) is 18.2 Å². The first kappa shape index (κ1) is 16.8. The molecule has 5 nitrogen and oxygen atoms in total.